The number of rotatable bonds is 7. The van der Waals surface area contributed by atoms with Gasteiger partial charge in [0.15, 0.2) is 0 Å². The molecular formula is C34H28N2. The standard InChI is InChI=1S/C34H28N2/c1-5-13-27(14-6-1)31-23-33(29-17-9-3-10-18-29)35(25-31)21-22-36-26-32(28-15-7-2-8-16-28)24-34(36)30-19-11-4-12-20-30/h1-20,23-26H,21-22H2. The number of hydrogen-bond acceptors (Lipinski definition) is 0. The zero-order valence-electron chi connectivity index (χ0n) is 20.2. The Morgan fingerprint density at radius 3 is 0.972 bits per heavy atom. The van der Waals surface area contributed by atoms with E-state index in [4.69, 9.17) is 0 Å². The van der Waals surface area contributed by atoms with Crippen molar-refractivity contribution in [2.45, 2.75) is 13.1 Å². The zero-order valence-corrected chi connectivity index (χ0v) is 20.2. The molecule has 174 valence electrons. The summed E-state index contributed by atoms with van der Waals surface area (Å²) in [6.45, 7) is 1.75. The number of aromatic nitrogens is 2. The second-order valence-corrected chi connectivity index (χ2v) is 9.08. The van der Waals surface area contributed by atoms with Gasteiger partial charge in [0.05, 0.1) is 0 Å². The summed E-state index contributed by atoms with van der Waals surface area (Å²) < 4.78 is 4.79. The monoisotopic (exact) mass is 464 g/mol. The van der Waals surface area contributed by atoms with Gasteiger partial charge in [-0.15, -0.1) is 0 Å². The molecule has 0 aliphatic heterocycles. The second-order valence-electron chi connectivity index (χ2n) is 9.08. The lowest BCUT2D eigenvalue weighted by molar-refractivity contribution is 0.591. The number of nitrogens with zero attached hydrogens (tertiary/aromatic N) is 2. The average molecular weight is 465 g/mol. The van der Waals surface area contributed by atoms with Crippen LogP contribution in [-0.2, 0) is 13.1 Å². The van der Waals surface area contributed by atoms with Gasteiger partial charge >= 0.3 is 0 Å². The molecule has 2 nitrogen and oxygen atoms in total. The average Bonchev–Trinajstić information content (AvgIpc) is 3.59. The van der Waals surface area contributed by atoms with Gasteiger partial charge in [0.2, 0.25) is 0 Å². The highest BCUT2D eigenvalue weighted by Crippen LogP contribution is 2.31. The fourth-order valence-corrected chi connectivity index (χ4v) is 4.89. The van der Waals surface area contributed by atoms with Crippen molar-refractivity contribution in [2.75, 3.05) is 0 Å². The summed E-state index contributed by atoms with van der Waals surface area (Å²) in [6.07, 6.45) is 4.59. The topological polar surface area (TPSA) is 9.86 Å². The molecule has 0 radical (unpaired) electrons. The van der Waals surface area contributed by atoms with Crippen molar-refractivity contribution in [1.29, 1.82) is 0 Å². The van der Waals surface area contributed by atoms with Crippen LogP contribution in [0.4, 0.5) is 0 Å². The van der Waals surface area contributed by atoms with Crippen LogP contribution in [0.15, 0.2) is 146 Å². The van der Waals surface area contributed by atoms with E-state index in [1.165, 1.54) is 44.8 Å². The van der Waals surface area contributed by atoms with Crippen LogP contribution in [0.2, 0.25) is 0 Å². The van der Waals surface area contributed by atoms with Gasteiger partial charge in [0.25, 0.3) is 0 Å². The molecule has 0 fully saturated rings. The van der Waals surface area contributed by atoms with Crippen molar-refractivity contribution in [1.82, 2.24) is 9.13 Å². The van der Waals surface area contributed by atoms with Crippen LogP contribution in [0.25, 0.3) is 44.8 Å². The van der Waals surface area contributed by atoms with Gasteiger partial charge in [0.1, 0.15) is 0 Å². The highest BCUT2D eigenvalue weighted by molar-refractivity contribution is 5.73. The van der Waals surface area contributed by atoms with Crippen LogP contribution in [0.1, 0.15) is 0 Å². The Bertz CT molecular complexity index is 1420. The minimum Gasteiger partial charge on any atom is -0.345 e. The molecule has 0 spiro atoms. The first-order valence-electron chi connectivity index (χ1n) is 12.5. The molecule has 0 aliphatic rings. The molecule has 36 heavy (non-hydrogen) atoms. The Morgan fingerprint density at radius 2 is 0.639 bits per heavy atom. The molecule has 6 rings (SSSR count). The maximum atomic E-state index is 2.40. The van der Waals surface area contributed by atoms with Gasteiger partial charge in [0, 0.05) is 36.9 Å². The fourth-order valence-electron chi connectivity index (χ4n) is 4.89. The van der Waals surface area contributed by atoms with Crippen molar-refractivity contribution in [3.63, 3.8) is 0 Å². The highest BCUT2D eigenvalue weighted by atomic mass is 15.0. The first-order chi connectivity index (χ1) is 17.8. The van der Waals surface area contributed by atoms with E-state index < -0.39 is 0 Å². The van der Waals surface area contributed by atoms with Gasteiger partial charge in [-0.2, -0.15) is 0 Å². The van der Waals surface area contributed by atoms with E-state index >= 15 is 0 Å². The van der Waals surface area contributed by atoms with Crippen LogP contribution >= 0.6 is 0 Å². The third kappa shape index (κ3) is 4.54. The molecule has 0 aliphatic carbocycles. The van der Waals surface area contributed by atoms with E-state index in [-0.39, 0.29) is 0 Å². The zero-order chi connectivity index (χ0) is 24.2. The lowest BCUT2D eigenvalue weighted by Gasteiger charge is -2.13. The summed E-state index contributed by atoms with van der Waals surface area (Å²) in [6, 6.07) is 47.3. The van der Waals surface area contributed by atoms with E-state index in [0.29, 0.717) is 0 Å². The van der Waals surface area contributed by atoms with E-state index in [0.717, 1.165) is 13.1 Å². The van der Waals surface area contributed by atoms with Crippen molar-refractivity contribution in [2.24, 2.45) is 0 Å². The molecule has 0 saturated heterocycles. The molecule has 2 heteroatoms. The van der Waals surface area contributed by atoms with Crippen LogP contribution in [-0.4, -0.2) is 9.13 Å². The Morgan fingerprint density at radius 1 is 0.333 bits per heavy atom. The third-order valence-corrected chi connectivity index (χ3v) is 6.73. The first-order valence-corrected chi connectivity index (χ1v) is 12.5. The molecule has 2 heterocycles. The third-order valence-electron chi connectivity index (χ3n) is 6.73. The van der Waals surface area contributed by atoms with E-state index in [9.17, 15) is 0 Å². The minimum absolute atomic E-state index is 0.875. The highest BCUT2D eigenvalue weighted by Gasteiger charge is 2.13. The summed E-state index contributed by atoms with van der Waals surface area (Å²) in [5.74, 6) is 0. The largest absolute Gasteiger partial charge is 0.345 e. The van der Waals surface area contributed by atoms with Gasteiger partial charge in [-0.1, -0.05) is 121 Å². The number of benzene rings is 4. The van der Waals surface area contributed by atoms with Crippen LogP contribution in [0.5, 0.6) is 0 Å². The molecule has 0 N–H and O–H groups in total. The predicted molar refractivity (Wildman–Crippen MR) is 151 cm³/mol. The maximum Gasteiger partial charge on any atom is 0.0487 e. The number of hydrogen-bond donors (Lipinski definition) is 0. The summed E-state index contributed by atoms with van der Waals surface area (Å²) in [5.41, 5.74) is 9.93. The van der Waals surface area contributed by atoms with E-state index in [1.807, 2.05) is 0 Å². The smallest absolute Gasteiger partial charge is 0.0487 e. The fraction of sp³-hybridized carbons (Fsp3) is 0.0588. The summed E-state index contributed by atoms with van der Waals surface area (Å²) >= 11 is 0. The van der Waals surface area contributed by atoms with E-state index in [2.05, 4.69) is 155 Å². The Balaban J connectivity index is 1.38. The first kappa shape index (κ1) is 21.9. The van der Waals surface area contributed by atoms with E-state index in [1.54, 1.807) is 0 Å². The SMILES string of the molecule is c1ccc(-c2cc(-c3ccccc3)n(CCn3cc(-c4ccccc4)cc3-c3ccccc3)c2)cc1. The summed E-state index contributed by atoms with van der Waals surface area (Å²) in [7, 11) is 0. The Hall–Kier alpha value is -4.56. The second kappa shape index (κ2) is 9.97. The molecule has 0 atom stereocenters. The lowest BCUT2D eigenvalue weighted by Crippen LogP contribution is -2.08. The summed E-state index contributed by atoms with van der Waals surface area (Å²) in [4.78, 5) is 0. The summed E-state index contributed by atoms with van der Waals surface area (Å²) in [5, 5.41) is 0. The molecule has 0 saturated carbocycles. The lowest BCUT2D eigenvalue weighted by atomic mass is 10.1. The van der Waals surface area contributed by atoms with Crippen LogP contribution in [0, 0.1) is 0 Å². The van der Waals surface area contributed by atoms with Gasteiger partial charge < -0.3 is 9.13 Å². The normalized spacial score (nSPS) is 11.0. The molecule has 0 amide bonds. The van der Waals surface area contributed by atoms with Crippen molar-refractivity contribution in [3.8, 4) is 44.8 Å². The van der Waals surface area contributed by atoms with Crippen molar-refractivity contribution >= 4 is 0 Å². The van der Waals surface area contributed by atoms with Crippen LogP contribution in [0.3, 0.4) is 0 Å². The molecule has 0 unspecified atom stereocenters. The molecule has 4 aromatic carbocycles. The molecule has 2 aromatic heterocycles. The molecular weight excluding hydrogens is 436 g/mol. The quantitative estimate of drug-likeness (QED) is 0.224. The van der Waals surface area contributed by atoms with Crippen molar-refractivity contribution < 1.29 is 0 Å². The van der Waals surface area contributed by atoms with Gasteiger partial charge in [-0.05, 0) is 45.5 Å². The van der Waals surface area contributed by atoms with Gasteiger partial charge in [-0.25, -0.2) is 0 Å². The van der Waals surface area contributed by atoms with Gasteiger partial charge in [-0.3, -0.25) is 0 Å². The van der Waals surface area contributed by atoms with Crippen LogP contribution < -0.4 is 0 Å². The maximum absolute atomic E-state index is 2.40. The van der Waals surface area contributed by atoms with Crippen molar-refractivity contribution in [3.05, 3.63) is 146 Å². The Kier molecular flexibility index (Phi) is 6.08. The molecule has 0 bridgehead atoms. The number of aryl methyl sites for hydroxylation is 2. The predicted octanol–water partition coefficient (Wildman–Crippen LogP) is 8.66. The minimum atomic E-state index is 0.875. The molecule has 6 aromatic rings. The Labute approximate surface area is 212 Å².